The summed E-state index contributed by atoms with van der Waals surface area (Å²) in [6, 6.07) is 25.4. The number of ether oxygens (including phenoxy) is 2. The molecule has 0 aromatic heterocycles. The van der Waals surface area contributed by atoms with Gasteiger partial charge in [0.15, 0.2) is 11.5 Å². The zero-order valence-corrected chi connectivity index (χ0v) is 24.8. The van der Waals surface area contributed by atoms with Crippen LogP contribution in [0.15, 0.2) is 94.7 Å². The SMILES string of the molecule is O=C(c1ccc2c(c1)N(Cc1cccc(Cl)c1)C(=O)c1ccccc1S2=O)N1CCN(Cc2ccc3c(c2)OCO3)CC1. The highest BCUT2D eigenvalue weighted by molar-refractivity contribution is 7.85. The van der Waals surface area contributed by atoms with Crippen molar-refractivity contribution >= 4 is 39.9 Å². The topological polar surface area (TPSA) is 79.4 Å². The third-order valence-electron chi connectivity index (χ3n) is 7.99. The van der Waals surface area contributed by atoms with E-state index in [1.54, 1.807) is 59.5 Å². The highest BCUT2D eigenvalue weighted by Gasteiger charge is 2.32. The molecule has 0 N–H and O–H groups in total. The van der Waals surface area contributed by atoms with E-state index >= 15 is 0 Å². The van der Waals surface area contributed by atoms with E-state index in [2.05, 4.69) is 4.90 Å². The fourth-order valence-electron chi connectivity index (χ4n) is 5.76. The Labute approximate surface area is 256 Å². The minimum absolute atomic E-state index is 0.117. The predicted octanol–water partition coefficient (Wildman–Crippen LogP) is 5.35. The first kappa shape index (κ1) is 27.6. The Bertz CT molecular complexity index is 1770. The van der Waals surface area contributed by atoms with Crippen LogP contribution in [0.2, 0.25) is 5.02 Å². The molecular formula is C33H28ClN3O5S. The minimum Gasteiger partial charge on any atom is -0.454 e. The molecule has 3 heterocycles. The molecule has 0 aliphatic carbocycles. The van der Waals surface area contributed by atoms with E-state index in [4.69, 9.17) is 21.1 Å². The van der Waals surface area contributed by atoms with Crippen LogP contribution in [0.25, 0.3) is 0 Å². The van der Waals surface area contributed by atoms with E-state index in [0.717, 1.165) is 42.3 Å². The van der Waals surface area contributed by atoms with Crippen molar-refractivity contribution in [2.45, 2.75) is 22.9 Å². The number of piperazine rings is 1. The molecule has 8 nitrogen and oxygen atoms in total. The van der Waals surface area contributed by atoms with Gasteiger partial charge in [-0.1, -0.05) is 41.9 Å². The molecule has 4 aromatic rings. The molecule has 1 saturated heterocycles. The summed E-state index contributed by atoms with van der Waals surface area (Å²) in [7, 11) is -1.60. The zero-order chi connectivity index (χ0) is 29.5. The van der Waals surface area contributed by atoms with Crippen LogP contribution in [0.1, 0.15) is 31.8 Å². The number of anilines is 1. The number of hydrogen-bond donors (Lipinski definition) is 0. The van der Waals surface area contributed by atoms with E-state index in [-0.39, 0.29) is 25.2 Å². The van der Waals surface area contributed by atoms with Gasteiger partial charge in [0.05, 0.1) is 38.4 Å². The van der Waals surface area contributed by atoms with Crippen LogP contribution < -0.4 is 14.4 Å². The summed E-state index contributed by atoms with van der Waals surface area (Å²) < 4.78 is 24.7. The molecule has 7 rings (SSSR count). The van der Waals surface area contributed by atoms with Crippen molar-refractivity contribution in [3.8, 4) is 11.5 Å². The summed E-state index contributed by atoms with van der Waals surface area (Å²) in [5.41, 5.74) is 3.26. The van der Waals surface area contributed by atoms with Gasteiger partial charge in [0, 0.05) is 43.3 Å². The Morgan fingerprint density at radius 3 is 2.42 bits per heavy atom. The number of carbonyl (C=O) groups excluding carboxylic acids is 2. The number of amides is 2. The summed E-state index contributed by atoms with van der Waals surface area (Å²) in [5, 5.41) is 0.561. The van der Waals surface area contributed by atoms with Crippen molar-refractivity contribution in [3.05, 3.63) is 112 Å². The van der Waals surface area contributed by atoms with Crippen molar-refractivity contribution in [1.29, 1.82) is 0 Å². The molecule has 1 fully saturated rings. The van der Waals surface area contributed by atoms with Crippen LogP contribution in [-0.2, 0) is 23.9 Å². The monoisotopic (exact) mass is 613 g/mol. The molecule has 4 aromatic carbocycles. The van der Waals surface area contributed by atoms with E-state index in [0.29, 0.717) is 44.7 Å². The van der Waals surface area contributed by atoms with Gasteiger partial charge in [0.1, 0.15) is 0 Å². The van der Waals surface area contributed by atoms with Gasteiger partial charge < -0.3 is 19.3 Å². The Morgan fingerprint density at radius 2 is 1.58 bits per heavy atom. The van der Waals surface area contributed by atoms with E-state index < -0.39 is 10.8 Å². The third kappa shape index (κ3) is 5.40. The quantitative estimate of drug-likeness (QED) is 0.302. The predicted molar refractivity (Wildman–Crippen MR) is 163 cm³/mol. The second kappa shape index (κ2) is 11.5. The number of fused-ring (bicyclic) bond motifs is 3. The Balaban J connectivity index is 1.13. The lowest BCUT2D eigenvalue weighted by molar-refractivity contribution is 0.0628. The van der Waals surface area contributed by atoms with Gasteiger partial charge in [-0.15, -0.1) is 0 Å². The maximum Gasteiger partial charge on any atom is 0.259 e. The van der Waals surface area contributed by atoms with Crippen LogP contribution in [0.5, 0.6) is 11.5 Å². The van der Waals surface area contributed by atoms with Gasteiger partial charge in [-0.25, -0.2) is 4.21 Å². The molecule has 1 unspecified atom stereocenters. The van der Waals surface area contributed by atoms with Gasteiger partial charge in [-0.2, -0.15) is 0 Å². The molecule has 0 radical (unpaired) electrons. The largest absolute Gasteiger partial charge is 0.454 e. The van der Waals surface area contributed by atoms with Crippen molar-refractivity contribution in [2.75, 3.05) is 37.9 Å². The molecule has 3 aliphatic rings. The summed E-state index contributed by atoms with van der Waals surface area (Å²) in [4.78, 5) is 34.3. The molecule has 3 aliphatic heterocycles. The average Bonchev–Trinajstić information content (AvgIpc) is 3.48. The smallest absolute Gasteiger partial charge is 0.259 e. The van der Waals surface area contributed by atoms with Gasteiger partial charge >= 0.3 is 0 Å². The lowest BCUT2D eigenvalue weighted by Crippen LogP contribution is -2.48. The Morgan fingerprint density at radius 1 is 0.791 bits per heavy atom. The fourth-order valence-corrected chi connectivity index (χ4v) is 7.32. The highest BCUT2D eigenvalue weighted by atomic mass is 35.5. The van der Waals surface area contributed by atoms with E-state index in [9.17, 15) is 13.8 Å². The molecule has 43 heavy (non-hydrogen) atoms. The molecule has 0 spiro atoms. The van der Waals surface area contributed by atoms with Crippen LogP contribution in [0, 0.1) is 0 Å². The zero-order valence-electron chi connectivity index (χ0n) is 23.2. The summed E-state index contributed by atoms with van der Waals surface area (Å²) in [6.07, 6.45) is 0. The molecule has 2 amide bonds. The number of carbonyl (C=O) groups is 2. The minimum atomic E-state index is -1.60. The second-order valence-electron chi connectivity index (χ2n) is 10.7. The highest BCUT2D eigenvalue weighted by Crippen LogP contribution is 2.37. The maximum atomic E-state index is 13.9. The number of benzene rings is 4. The fraction of sp³-hybridized carbons (Fsp3) is 0.212. The Hall–Kier alpha value is -4.18. The van der Waals surface area contributed by atoms with E-state index in [1.807, 2.05) is 35.2 Å². The number of nitrogens with zero attached hydrogens (tertiary/aromatic N) is 3. The maximum absolute atomic E-state index is 13.9. The first-order valence-corrected chi connectivity index (χ1v) is 15.6. The average molecular weight is 614 g/mol. The van der Waals surface area contributed by atoms with Gasteiger partial charge in [-0.05, 0) is 65.7 Å². The van der Waals surface area contributed by atoms with Crippen molar-refractivity contribution in [2.24, 2.45) is 0 Å². The standard InChI is InChI=1S/C33H28ClN3O5S/c34-25-5-3-4-22(16-25)20-37-27-18-24(9-11-31(27)43(40)30-7-2-1-6-26(30)33(37)39)32(38)36-14-12-35(13-15-36)19-23-8-10-28-29(17-23)42-21-41-28/h1-11,16-18H,12-15,19-21H2. The van der Waals surface area contributed by atoms with Crippen molar-refractivity contribution in [1.82, 2.24) is 9.80 Å². The van der Waals surface area contributed by atoms with Crippen LogP contribution in [0.4, 0.5) is 5.69 Å². The van der Waals surface area contributed by atoms with Crippen LogP contribution in [-0.4, -0.2) is 58.8 Å². The van der Waals surface area contributed by atoms with Crippen LogP contribution in [0.3, 0.4) is 0 Å². The second-order valence-corrected chi connectivity index (χ2v) is 12.6. The van der Waals surface area contributed by atoms with Crippen molar-refractivity contribution in [3.63, 3.8) is 0 Å². The number of halogens is 1. The van der Waals surface area contributed by atoms with Gasteiger partial charge in [0.2, 0.25) is 6.79 Å². The molecular weight excluding hydrogens is 586 g/mol. The molecule has 10 heteroatoms. The first-order valence-electron chi connectivity index (χ1n) is 14.1. The summed E-state index contributed by atoms with van der Waals surface area (Å²) in [5.74, 6) is 1.14. The lowest BCUT2D eigenvalue weighted by Gasteiger charge is -2.35. The van der Waals surface area contributed by atoms with Crippen LogP contribution >= 0.6 is 11.6 Å². The number of rotatable bonds is 5. The number of hydrogen-bond acceptors (Lipinski definition) is 6. The molecule has 0 bridgehead atoms. The molecule has 218 valence electrons. The molecule has 0 saturated carbocycles. The Kier molecular flexibility index (Phi) is 7.38. The van der Waals surface area contributed by atoms with Gasteiger partial charge in [-0.3, -0.25) is 14.5 Å². The summed E-state index contributed by atoms with van der Waals surface area (Å²) >= 11 is 6.25. The lowest BCUT2D eigenvalue weighted by atomic mass is 10.1. The van der Waals surface area contributed by atoms with Crippen molar-refractivity contribution < 1.29 is 23.3 Å². The van der Waals surface area contributed by atoms with Gasteiger partial charge in [0.25, 0.3) is 11.8 Å². The molecule has 1 atom stereocenters. The first-order chi connectivity index (χ1) is 20.9. The third-order valence-corrected chi connectivity index (χ3v) is 9.73. The normalized spacial score (nSPS) is 17.8. The van der Waals surface area contributed by atoms with E-state index in [1.165, 1.54) is 0 Å². The summed E-state index contributed by atoms with van der Waals surface area (Å²) in [6.45, 7) is 3.82.